The molecule has 0 spiro atoms. The van der Waals surface area contributed by atoms with E-state index in [0.717, 1.165) is 22.7 Å². The molecule has 0 unspecified atom stereocenters. The lowest BCUT2D eigenvalue weighted by Gasteiger charge is -2.28. The zero-order chi connectivity index (χ0) is 20.1. The third kappa shape index (κ3) is 3.94. The van der Waals surface area contributed by atoms with Crippen molar-refractivity contribution in [2.45, 2.75) is 0 Å². The van der Waals surface area contributed by atoms with E-state index in [1.165, 1.54) is 0 Å². The molecular formula is C24H21N5. The SMILES string of the molecule is Nc1ccccc1N(c1ccccc1N)c1ccccc1N=Nc1ccccc1. The van der Waals surface area contributed by atoms with Crippen molar-refractivity contribution in [1.29, 1.82) is 0 Å². The number of anilines is 5. The normalized spacial score (nSPS) is 10.9. The average Bonchev–Trinajstić information content (AvgIpc) is 2.76. The van der Waals surface area contributed by atoms with Gasteiger partial charge in [0.1, 0.15) is 5.69 Å². The summed E-state index contributed by atoms with van der Waals surface area (Å²) >= 11 is 0. The number of nitrogens with zero attached hydrogens (tertiary/aromatic N) is 3. The lowest BCUT2D eigenvalue weighted by Crippen LogP contribution is -2.13. The van der Waals surface area contributed by atoms with Gasteiger partial charge in [-0.05, 0) is 48.5 Å². The van der Waals surface area contributed by atoms with Crippen LogP contribution in [-0.2, 0) is 0 Å². The summed E-state index contributed by atoms with van der Waals surface area (Å²) in [5, 5.41) is 8.90. The number of azo groups is 1. The van der Waals surface area contributed by atoms with E-state index in [9.17, 15) is 0 Å². The fraction of sp³-hybridized carbons (Fsp3) is 0. The summed E-state index contributed by atoms with van der Waals surface area (Å²) in [6.07, 6.45) is 0. The molecular weight excluding hydrogens is 358 g/mol. The molecule has 4 aromatic carbocycles. The summed E-state index contributed by atoms with van der Waals surface area (Å²) in [7, 11) is 0. The van der Waals surface area contributed by atoms with Crippen molar-refractivity contribution < 1.29 is 0 Å². The van der Waals surface area contributed by atoms with Crippen molar-refractivity contribution in [2.75, 3.05) is 16.4 Å². The van der Waals surface area contributed by atoms with E-state index >= 15 is 0 Å². The van der Waals surface area contributed by atoms with Gasteiger partial charge >= 0.3 is 0 Å². The van der Waals surface area contributed by atoms with Gasteiger partial charge in [0.2, 0.25) is 0 Å². The summed E-state index contributed by atoms with van der Waals surface area (Å²) in [5.74, 6) is 0. The van der Waals surface area contributed by atoms with Crippen molar-refractivity contribution in [3.05, 3.63) is 103 Å². The minimum atomic E-state index is 0.644. The zero-order valence-corrected chi connectivity index (χ0v) is 15.8. The van der Waals surface area contributed by atoms with E-state index in [4.69, 9.17) is 11.5 Å². The number of rotatable bonds is 5. The molecule has 0 aliphatic rings. The maximum Gasteiger partial charge on any atom is 0.110 e. The van der Waals surface area contributed by atoms with Gasteiger partial charge in [-0.1, -0.05) is 54.6 Å². The second kappa shape index (κ2) is 8.27. The highest BCUT2D eigenvalue weighted by atomic mass is 15.2. The highest BCUT2D eigenvalue weighted by molar-refractivity contribution is 5.91. The van der Waals surface area contributed by atoms with Crippen LogP contribution in [0.15, 0.2) is 113 Å². The van der Waals surface area contributed by atoms with E-state index in [1.54, 1.807) is 0 Å². The molecule has 5 nitrogen and oxygen atoms in total. The molecule has 0 fully saturated rings. The number of hydrogen-bond donors (Lipinski definition) is 2. The van der Waals surface area contributed by atoms with Crippen LogP contribution in [-0.4, -0.2) is 0 Å². The Morgan fingerprint density at radius 3 is 1.55 bits per heavy atom. The van der Waals surface area contributed by atoms with Crippen LogP contribution in [0.4, 0.5) is 39.8 Å². The Balaban J connectivity index is 1.87. The lowest BCUT2D eigenvalue weighted by atomic mass is 10.1. The molecule has 0 heterocycles. The third-order valence-electron chi connectivity index (χ3n) is 4.51. The van der Waals surface area contributed by atoms with Crippen LogP contribution < -0.4 is 16.4 Å². The van der Waals surface area contributed by atoms with Crippen molar-refractivity contribution >= 4 is 39.8 Å². The van der Waals surface area contributed by atoms with E-state index in [-0.39, 0.29) is 0 Å². The zero-order valence-electron chi connectivity index (χ0n) is 15.8. The summed E-state index contributed by atoms with van der Waals surface area (Å²) in [4.78, 5) is 2.02. The maximum atomic E-state index is 6.32. The van der Waals surface area contributed by atoms with Crippen molar-refractivity contribution in [2.24, 2.45) is 10.2 Å². The second-order valence-corrected chi connectivity index (χ2v) is 6.48. The van der Waals surface area contributed by atoms with E-state index in [0.29, 0.717) is 17.1 Å². The van der Waals surface area contributed by atoms with E-state index < -0.39 is 0 Å². The van der Waals surface area contributed by atoms with Crippen LogP contribution >= 0.6 is 0 Å². The number of nitrogens with two attached hydrogens (primary N) is 2. The standard InChI is InChI=1S/C24H21N5/c25-19-12-4-7-15-22(19)29(23-16-8-5-13-20(23)26)24-17-9-6-14-21(24)28-27-18-10-2-1-3-11-18/h1-17H,25-26H2. The summed E-state index contributed by atoms with van der Waals surface area (Å²) in [6, 6.07) is 32.8. The van der Waals surface area contributed by atoms with Crippen molar-refractivity contribution in [1.82, 2.24) is 0 Å². The van der Waals surface area contributed by atoms with Gasteiger partial charge in [-0.25, -0.2) is 0 Å². The molecule has 0 saturated heterocycles. The Kier molecular flexibility index (Phi) is 5.21. The first-order valence-electron chi connectivity index (χ1n) is 9.29. The van der Waals surface area contributed by atoms with Crippen LogP contribution in [0.25, 0.3) is 0 Å². The van der Waals surface area contributed by atoms with E-state index in [1.807, 2.05) is 108 Å². The molecule has 0 radical (unpaired) electrons. The molecule has 0 bridgehead atoms. The molecule has 142 valence electrons. The summed E-state index contributed by atoms with van der Waals surface area (Å²) in [5.41, 5.74) is 17.9. The number of nitrogen functional groups attached to an aromatic ring is 2. The Labute approximate surface area is 169 Å². The largest absolute Gasteiger partial charge is 0.397 e. The van der Waals surface area contributed by atoms with E-state index in [2.05, 4.69) is 10.2 Å². The molecule has 0 aliphatic heterocycles. The Morgan fingerprint density at radius 2 is 0.966 bits per heavy atom. The van der Waals surface area contributed by atoms with Crippen LogP contribution in [0, 0.1) is 0 Å². The molecule has 0 atom stereocenters. The smallest absolute Gasteiger partial charge is 0.110 e. The van der Waals surface area contributed by atoms with Crippen molar-refractivity contribution in [3.8, 4) is 0 Å². The number of hydrogen-bond acceptors (Lipinski definition) is 5. The van der Waals surface area contributed by atoms with Crippen molar-refractivity contribution in [3.63, 3.8) is 0 Å². The minimum absolute atomic E-state index is 0.644. The van der Waals surface area contributed by atoms with Crippen LogP contribution in [0.3, 0.4) is 0 Å². The average molecular weight is 379 g/mol. The fourth-order valence-electron chi connectivity index (χ4n) is 3.12. The topological polar surface area (TPSA) is 80.0 Å². The van der Waals surface area contributed by atoms with Crippen LogP contribution in [0.5, 0.6) is 0 Å². The van der Waals surface area contributed by atoms with Gasteiger partial charge in [-0.2, -0.15) is 5.11 Å². The molecule has 0 aliphatic carbocycles. The van der Waals surface area contributed by atoms with Crippen LogP contribution in [0.1, 0.15) is 0 Å². The van der Waals surface area contributed by atoms with Gasteiger partial charge in [0.15, 0.2) is 0 Å². The quantitative estimate of drug-likeness (QED) is 0.298. The molecule has 0 aromatic heterocycles. The first kappa shape index (κ1) is 18.3. The molecule has 0 amide bonds. The predicted octanol–water partition coefficient (Wildman–Crippen LogP) is 6.74. The highest BCUT2D eigenvalue weighted by Crippen LogP contribution is 2.44. The molecule has 4 aromatic rings. The minimum Gasteiger partial charge on any atom is -0.397 e. The first-order chi connectivity index (χ1) is 14.2. The fourth-order valence-corrected chi connectivity index (χ4v) is 3.12. The highest BCUT2D eigenvalue weighted by Gasteiger charge is 2.19. The molecule has 5 heteroatoms. The summed E-state index contributed by atoms with van der Waals surface area (Å²) < 4.78 is 0. The van der Waals surface area contributed by atoms with Gasteiger partial charge in [-0.15, -0.1) is 5.11 Å². The molecule has 4 N–H and O–H groups in total. The Hall–Kier alpha value is -4.12. The maximum absolute atomic E-state index is 6.32. The summed E-state index contributed by atoms with van der Waals surface area (Å²) in [6.45, 7) is 0. The van der Waals surface area contributed by atoms with Crippen LogP contribution in [0.2, 0.25) is 0 Å². The van der Waals surface area contributed by atoms with Gasteiger partial charge in [-0.3, -0.25) is 0 Å². The van der Waals surface area contributed by atoms with Gasteiger partial charge in [0.05, 0.1) is 34.1 Å². The monoisotopic (exact) mass is 379 g/mol. The molecule has 0 saturated carbocycles. The molecule has 29 heavy (non-hydrogen) atoms. The number of benzene rings is 4. The predicted molar refractivity (Wildman–Crippen MR) is 121 cm³/mol. The number of para-hydroxylation sites is 5. The third-order valence-corrected chi connectivity index (χ3v) is 4.51. The van der Waals surface area contributed by atoms with Gasteiger partial charge < -0.3 is 16.4 Å². The lowest BCUT2D eigenvalue weighted by molar-refractivity contribution is 1.20. The van der Waals surface area contributed by atoms with Gasteiger partial charge in [0.25, 0.3) is 0 Å². The first-order valence-corrected chi connectivity index (χ1v) is 9.29. The Bertz CT molecular complexity index is 1090. The van der Waals surface area contributed by atoms with Gasteiger partial charge in [0, 0.05) is 0 Å². The Morgan fingerprint density at radius 1 is 0.483 bits per heavy atom. The second-order valence-electron chi connectivity index (χ2n) is 6.48. The molecule has 4 rings (SSSR count).